The zero-order chi connectivity index (χ0) is 16.1. The van der Waals surface area contributed by atoms with Gasteiger partial charge in [0.2, 0.25) is 10.0 Å². The first kappa shape index (κ1) is 16.7. The number of nitrogens with one attached hydrogen (secondary N) is 1. The second kappa shape index (κ2) is 5.22. The molecule has 0 saturated carbocycles. The van der Waals surface area contributed by atoms with Crippen molar-refractivity contribution >= 4 is 31.6 Å². The third kappa shape index (κ3) is 3.77. The number of hydrogen-bond acceptors (Lipinski definition) is 4. The van der Waals surface area contributed by atoms with Gasteiger partial charge in [-0.3, -0.25) is 0 Å². The summed E-state index contributed by atoms with van der Waals surface area (Å²) in [4.78, 5) is 0.0854. The van der Waals surface area contributed by atoms with Crippen LogP contribution in [0.1, 0.15) is 34.1 Å². The van der Waals surface area contributed by atoms with E-state index in [-0.39, 0.29) is 22.1 Å². The van der Waals surface area contributed by atoms with Crippen LogP contribution >= 0.6 is 15.9 Å². The van der Waals surface area contributed by atoms with Crippen LogP contribution in [0.15, 0.2) is 27.6 Å². The van der Waals surface area contributed by atoms with E-state index in [1.807, 2.05) is 13.8 Å². The summed E-state index contributed by atoms with van der Waals surface area (Å²) >= 11 is 3.39. The van der Waals surface area contributed by atoms with Crippen LogP contribution in [0.5, 0.6) is 0 Å². The highest BCUT2D eigenvalue weighted by Crippen LogP contribution is 2.39. The molecule has 21 heavy (non-hydrogen) atoms. The maximum atomic E-state index is 11.3. The molecule has 1 saturated heterocycles. The van der Waals surface area contributed by atoms with Gasteiger partial charge in [0.05, 0.1) is 22.1 Å². The predicted molar refractivity (Wildman–Crippen MR) is 86.8 cm³/mol. The molecule has 1 fully saturated rings. The minimum absolute atomic E-state index is 0.0854. The van der Waals surface area contributed by atoms with E-state index < -0.39 is 10.0 Å². The summed E-state index contributed by atoms with van der Waals surface area (Å²) in [6.07, 6.45) is 0.864. The summed E-state index contributed by atoms with van der Waals surface area (Å²) in [6.45, 7) is 8.23. The topological polar surface area (TPSA) is 81.4 Å². The Labute approximate surface area is 134 Å². The lowest BCUT2D eigenvalue weighted by Gasteiger charge is -2.28. The van der Waals surface area contributed by atoms with Crippen molar-refractivity contribution in [1.82, 2.24) is 0 Å². The van der Waals surface area contributed by atoms with Gasteiger partial charge in [-0.1, -0.05) is 0 Å². The molecule has 0 spiro atoms. The Kier molecular flexibility index (Phi) is 4.16. The van der Waals surface area contributed by atoms with Crippen molar-refractivity contribution in [2.45, 2.75) is 56.3 Å². The smallest absolute Gasteiger partial charge is 0.238 e. The molecule has 0 amide bonds. The van der Waals surface area contributed by atoms with E-state index in [4.69, 9.17) is 9.88 Å². The second-order valence-electron chi connectivity index (χ2n) is 6.55. The minimum atomic E-state index is -3.69. The maximum Gasteiger partial charge on any atom is 0.238 e. The predicted octanol–water partition coefficient (Wildman–Crippen LogP) is 2.85. The monoisotopic (exact) mass is 376 g/mol. The van der Waals surface area contributed by atoms with Crippen molar-refractivity contribution in [3.63, 3.8) is 0 Å². The zero-order valence-corrected chi connectivity index (χ0v) is 15.0. The molecule has 0 bridgehead atoms. The molecular formula is C14H21BrN2O3S. The van der Waals surface area contributed by atoms with E-state index in [1.54, 1.807) is 6.07 Å². The second-order valence-corrected chi connectivity index (χ2v) is 8.97. The van der Waals surface area contributed by atoms with Gasteiger partial charge in [-0.2, -0.15) is 0 Å². The molecule has 1 unspecified atom stereocenters. The number of ether oxygens (including phenoxy) is 1. The van der Waals surface area contributed by atoms with Crippen LogP contribution in [-0.2, 0) is 14.8 Å². The molecule has 0 radical (unpaired) electrons. The summed E-state index contributed by atoms with van der Waals surface area (Å²) < 4.78 is 29.4. The first-order valence-electron chi connectivity index (χ1n) is 6.70. The van der Waals surface area contributed by atoms with Gasteiger partial charge in [-0.05, 0) is 68.2 Å². The Morgan fingerprint density at radius 2 is 1.95 bits per heavy atom. The average Bonchev–Trinajstić information content (AvgIpc) is 2.48. The van der Waals surface area contributed by atoms with Crippen molar-refractivity contribution in [3.8, 4) is 0 Å². The molecule has 118 valence electrons. The quantitative estimate of drug-likeness (QED) is 0.849. The van der Waals surface area contributed by atoms with Crippen LogP contribution in [0.25, 0.3) is 0 Å². The number of primary sulfonamides is 1. The average molecular weight is 377 g/mol. The molecule has 3 N–H and O–H groups in total. The molecule has 1 atom stereocenters. The van der Waals surface area contributed by atoms with Crippen LogP contribution in [-0.4, -0.2) is 25.7 Å². The highest BCUT2D eigenvalue weighted by molar-refractivity contribution is 9.10. The van der Waals surface area contributed by atoms with E-state index in [0.29, 0.717) is 4.47 Å². The summed E-state index contributed by atoms with van der Waals surface area (Å²) in [7, 11) is -3.69. The normalized spacial score (nSPS) is 24.0. The molecule has 0 aliphatic carbocycles. The third-order valence-corrected chi connectivity index (χ3v) is 5.24. The van der Waals surface area contributed by atoms with Crippen LogP contribution in [0.2, 0.25) is 0 Å². The van der Waals surface area contributed by atoms with E-state index >= 15 is 0 Å². The van der Waals surface area contributed by atoms with Gasteiger partial charge in [0.15, 0.2) is 0 Å². The van der Waals surface area contributed by atoms with Gasteiger partial charge in [0, 0.05) is 10.2 Å². The molecule has 0 aromatic heterocycles. The Hall–Kier alpha value is -0.630. The van der Waals surface area contributed by atoms with Gasteiger partial charge in [0.25, 0.3) is 0 Å². The third-order valence-electron chi connectivity index (χ3n) is 3.67. The molecule has 2 rings (SSSR count). The fourth-order valence-electron chi connectivity index (χ4n) is 2.76. The summed E-state index contributed by atoms with van der Waals surface area (Å²) in [5.74, 6) is 0. The van der Waals surface area contributed by atoms with E-state index in [9.17, 15) is 8.42 Å². The van der Waals surface area contributed by atoms with Crippen molar-refractivity contribution in [2.75, 3.05) is 5.32 Å². The van der Waals surface area contributed by atoms with Crippen molar-refractivity contribution in [3.05, 3.63) is 22.7 Å². The first-order chi connectivity index (χ1) is 9.41. The highest BCUT2D eigenvalue weighted by atomic mass is 79.9. The van der Waals surface area contributed by atoms with Gasteiger partial charge >= 0.3 is 0 Å². The number of nitrogens with two attached hydrogens (primary N) is 1. The highest BCUT2D eigenvalue weighted by Gasteiger charge is 2.45. The van der Waals surface area contributed by atoms with E-state index in [2.05, 4.69) is 35.1 Å². The standard InChI is InChI=1S/C14H21BrN2O3S/c1-13(2)8-12(14(3,4)20-13)17-11-6-5-9(7-10(11)15)21(16,18)19/h5-7,12,17H,8H2,1-4H3,(H2,16,18,19). The van der Waals surface area contributed by atoms with Crippen molar-refractivity contribution < 1.29 is 13.2 Å². The van der Waals surface area contributed by atoms with Gasteiger partial charge in [-0.15, -0.1) is 0 Å². The van der Waals surface area contributed by atoms with Crippen molar-refractivity contribution in [2.24, 2.45) is 5.14 Å². The Morgan fingerprint density at radius 3 is 2.38 bits per heavy atom. The number of sulfonamides is 1. The number of rotatable bonds is 3. The summed E-state index contributed by atoms with van der Waals surface area (Å²) in [5.41, 5.74) is 0.331. The first-order valence-corrected chi connectivity index (χ1v) is 9.04. The fraction of sp³-hybridized carbons (Fsp3) is 0.571. The number of anilines is 1. The zero-order valence-electron chi connectivity index (χ0n) is 12.6. The van der Waals surface area contributed by atoms with Crippen LogP contribution in [0.3, 0.4) is 0 Å². The molecule has 1 aliphatic rings. The molecule has 1 heterocycles. The number of benzene rings is 1. The maximum absolute atomic E-state index is 11.3. The lowest BCUT2D eigenvalue weighted by atomic mass is 9.94. The Balaban J connectivity index is 2.25. The Bertz CT molecular complexity index is 656. The largest absolute Gasteiger partial charge is 0.378 e. The lowest BCUT2D eigenvalue weighted by Crippen LogP contribution is -2.38. The summed E-state index contributed by atoms with van der Waals surface area (Å²) in [5, 5.41) is 8.56. The van der Waals surface area contributed by atoms with Crippen LogP contribution in [0.4, 0.5) is 5.69 Å². The fourth-order valence-corrected chi connectivity index (χ4v) is 3.95. The lowest BCUT2D eigenvalue weighted by molar-refractivity contribution is -0.0662. The minimum Gasteiger partial charge on any atom is -0.378 e. The number of hydrogen-bond donors (Lipinski definition) is 2. The molecule has 1 aliphatic heterocycles. The summed E-state index contributed by atoms with van der Waals surface area (Å²) in [6, 6.07) is 4.84. The molecule has 7 heteroatoms. The molecular weight excluding hydrogens is 356 g/mol. The molecule has 5 nitrogen and oxygen atoms in total. The van der Waals surface area contributed by atoms with E-state index in [0.717, 1.165) is 12.1 Å². The number of halogens is 1. The van der Waals surface area contributed by atoms with Crippen LogP contribution < -0.4 is 10.5 Å². The van der Waals surface area contributed by atoms with E-state index in [1.165, 1.54) is 12.1 Å². The molecule has 1 aromatic carbocycles. The SMILES string of the molecule is CC1(C)CC(Nc2ccc(S(N)(=O)=O)cc2Br)C(C)(C)O1. The van der Waals surface area contributed by atoms with Crippen LogP contribution in [0, 0.1) is 0 Å². The van der Waals surface area contributed by atoms with Gasteiger partial charge in [0.1, 0.15) is 0 Å². The Morgan fingerprint density at radius 1 is 1.33 bits per heavy atom. The molecule has 1 aromatic rings. The van der Waals surface area contributed by atoms with Gasteiger partial charge in [-0.25, -0.2) is 13.6 Å². The van der Waals surface area contributed by atoms with Gasteiger partial charge < -0.3 is 10.1 Å². The van der Waals surface area contributed by atoms with Crippen molar-refractivity contribution in [1.29, 1.82) is 0 Å².